The van der Waals surface area contributed by atoms with Gasteiger partial charge in [-0.05, 0) is 74.7 Å². The van der Waals surface area contributed by atoms with Crippen molar-refractivity contribution in [3.05, 3.63) is 71.8 Å². The SMILES string of the molecule is CC[C@H](CCOCc1ccccc1)[C@@H](C/C=C/C=C/[C@H](CCC/C=C(\C)CO)O[Si](C)(C)C(C)(C)C)OCOCC[Si](C)(C)C. The molecule has 0 amide bonds. The Labute approximate surface area is 279 Å². The zero-order valence-corrected chi connectivity index (χ0v) is 32.6. The van der Waals surface area contributed by atoms with E-state index >= 15 is 0 Å². The van der Waals surface area contributed by atoms with E-state index in [2.05, 4.69) is 115 Å². The topological polar surface area (TPSA) is 57.2 Å². The van der Waals surface area contributed by atoms with E-state index in [4.69, 9.17) is 18.6 Å². The molecule has 0 radical (unpaired) electrons. The van der Waals surface area contributed by atoms with E-state index in [1.54, 1.807) is 0 Å². The molecule has 1 aromatic rings. The third-order valence-corrected chi connectivity index (χ3v) is 15.0. The molecule has 3 atom stereocenters. The molecule has 0 aliphatic heterocycles. The van der Waals surface area contributed by atoms with Crippen LogP contribution >= 0.6 is 0 Å². The van der Waals surface area contributed by atoms with Gasteiger partial charge < -0.3 is 23.7 Å². The van der Waals surface area contributed by atoms with Crippen LogP contribution in [0.5, 0.6) is 0 Å². The molecule has 0 fully saturated rings. The van der Waals surface area contributed by atoms with E-state index < -0.39 is 16.4 Å². The van der Waals surface area contributed by atoms with Gasteiger partial charge in [-0.1, -0.05) is 120 Å². The van der Waals surface area contributed by atoms with Gasteiger partial charge in [0.25, 0.3) is 0 Å². The summed E-state index contributed by atoms with van der Waals surface area (Å²) in [6.45, 7) is 25.4. The molecule has 0 aliphatic carbocycles. The van der Waals surface area contributed by atoms with E-state index in [9.17, 15) is 5.11 Å². The van der Waals surface area contributed by atoms with E-state index in [0.717, 1.165) is 56.7 Å². The maximum Gasteiger partial charge on any atom is 0.192 e. The quantitative estimate of drug-likeness (QED) is 0.0393. The smallest absolute Gasteiger partial charge is 0.192 e. The van der Waals surface area contributed by atoms with E-state index in [0.29, 0.717) is 25.9 Å². The predicted molar refractivity (Wildman–Crippen MR) is 198 cm³/mol. The van der Waals surface area contributed by atoms with Crippen molar-refractivity contribution < 1.29 is 23.7 Å². The molecular weight excluding hydrogens is 593 g/mol. The minimum atomic E-state index is -1.91. The summed E-state index contributed by atoms with van der Waals surface area (Å²) in [4.78, 5) is 0. The van der Waals surface area contributed by atoms with Gasteiger partial charge in [0.2, 0.25) is 0 Å². The first-order valence-electron chi connectivity index (χ1n) is 17.3. The molecule has 0 aromatic heterocycles. The Morgan fingerprint density at radius 2 is 1.67 bits per heavy atom. The number of rotatable bonds is 24. The summed E-state index contributed by atoms with van der Waals surface area (Å²) < 4.78 is 25.1. The average molecular weight is 661 g/mol. The van der Waals surface area contributed by atoms with Crippen LogP contribution in [0.4, 0.5) is 0 Å². The third kappa shape index (κ3) is 19.8. The van der Waals surface area contributed by atoms with Crippen molar-refractivity contribution in [2.24, 2.45) is 5.92 Å². The lowest BCUT2D eigenvalue weighted by molar-refractivity contribution is -0.106. The van der Waals surface area contributed by atoms with Gasteiger partial charge in [-0.3, -0.25) is 0 Å². The largest absolute Gasteiger partial charge is 0.411 e. The molecule has 0 saturated carbocycles. The number of aliphatic hydroxyl groups is 1. The van der Waals surface area contributed by atoms with Crippen molar-refractivity contribution in [2.75, 3.05) is 26.6 Å². The summed E-state index contributed by atoms with van der Waals surface area (Å²) >= 11 is 0. The normalized spacial score (nSPS) is 15.7. The second-order valence-corrected chi connectivity index (χ2v) is 25.5. The van der Waals surface area contributed by atoms with Gasteiger partial charge >= 0.3 is 0 Å². The summed E-state index contributed by atoms with van der Waals surface area (Å²) in [5.74, 6) is 0.389. The monoisotopic (exact) mass is 660 g/mol. The Bertz CT molecular complexity index is 976. The third-order valence-electron chi connectivity index (χ3n) is 8.79. The fourth-order valence-corrected chi connectivity index (χ4v) is 6.65. The van der Waals surface area contributed by atoms with Gasteiger partial charge in [0.15, 0.2) is 8.32 Å². The number of hydrogen-bond acceptors (Lipinski definition) is 5. The van der Waals surface area contributed by atoms with Gasteiger partial charge in [0, 0.05) is 21.3 Å². The van der Waals surface area contributed by atoms with Crippen molar-refractivity contribution in [1.82, 2.24) is 0 Å². The summed E-state index contributed by atoms with van der Waals surface area (Å²) in [6, 6.07) is 11.5. The Morgan fingerprint density at radius 1 is 0.956 bits per heavy atom. The number of benzene rings is 1. The number of hydrogen-bond donors (Lipinski definition) is 1. The lowest BCUT2D eigenvalue weighted by atomic mass is 9.93. The molecule has 0 unspecified atom stereocenters. The average Bonchev–Trinajstić information content (AvgIpc) is 2.97. The van der Waals surface area contributed by atoms with E-state index in [1.165, 1.54) is 5.56 Å². The van der Waals surface area contributed by atoms with Crippen molar-refractivity contribution in [2.45, 2.75) is 136 Å². The minimum Gasteiger partial charge on any atom is -0.411 e. The lowest BCUT2D eigenvalue weighted by Crippen LogP contribution is -2.43. The minimum absolute atomic E-state index is 0.0766. The van der Waals surface area contributed by atoms with Crippen LogP contribution in [-0.4, -0.2) is 60.3 Å². The Morgan fingerprint density at radius 3 is 2.29 bits per heavy atom. The van der Waals surface area contributed by atoms with Gasteiger partial charge in [0.1, 0.15) is 6.79 Å². The van der Waals surface area contributed by atoms with Gasteiger partial charge in [-0.15, -0.1) is 0 Å². The molecule has 7 heteroatoms. The number of allylic oxidation sites excluding steroid dienone is 3. The summed E-state index contributed by atoms with van der Waals surface area (Å²) in [5.41, 5.74) is 2.23. The molecule has 1 aromatic carbocycles. The van der Waals surface area contributed by atoms with Crippen LogP contribution < -0.4 is 0 Å². The summed E-state index contributed by atoms with van der Waals surface area (Å²) in [6.07, 6.45) is 16.8. The van der Waals surface area contributed by atoms with E-state index in [-0.39, 0.29) is 23.9 Å². The maximum absolute atomic E-state index is 9.31. The number of ether oxygens (including phenoxy) is 3. The van der Waals surface area contributed by atoms with Crippen LogP contribution in [-0.2, 0) is 25.2 Å². The van der Waals surface area contributed by atoms with Crippen LogP contribution in [0.1, 0.15) is 78.7 Å². The fraction of sp³-hybridized carbons (Fsp3) is 0.684. The van der Waals surface area contributed by atoms with Gasteiger partial charge in [-0.2, -0.15) is 0 Å². The Balaban J connectivity index is 2.85. The highest BCUT2D eigenvalue weighted by Gasteiger charge is 2.38. The lowest BCUT2D eigenvalue weighted by Gasteiger charge is -2.38. The molecule has 5 nitrogen and oxygen atoms in total. The first-order chi connectivity index (χ1) is 21.2. The molecule has 0 spiro atoms. The van der Waals surface area contributed by atoms with Crippen LogP contribution in [0.15, 0.2) is 66.3 Å². The number of unbranched alkanes of at least 4 members (excludes halogenated alkanes) is 1. The highest BCUT2D eigenvalue weighted by atomic mass is 28.4. The fourth-order valence-electron chi connectivity index (χ4n) is 4.58. The molecule has 1 rings (SSSR count). The van der Waals surface area contributed by atoms with Crippen molar-refractivity contribution in [3.63, 3.8) is 0 Å². The van der Waals surface area contributed by atoms with Crippen LogP contribution in [0.3, 0.4) is 0 Å². The zero-order valence-electron chi connectivity index (χ0n) is 30.6. The van der Waals surface area contributed by atoms with Crippen LogP contribution in [0, 0.1) is 5.92 Å². The van der Waals surface area contributed by atoms with Gasteiger partial charge in [0.05, 0.1) is 25.4 Å². The van der Waals surface area contributed by atoms with Crippen molar-refractivity contribution in [1.29, 1.82) is 0 Å². The predicted octanol–water partition coefficient (Wildman–Crippen LogP) is 10.3. The van der Waals surface area contributed by atoms with Crippen molar-refractivity contribution >= 4 is 16.4 Å². The molecule has 258 valence electrons. The van der Waals surface area contributed by atoms with E-state index in [1.807, 2.05) is 13.0 Å². The highest BCUT2D eigenvalue weighted by Crippen LogP contribution is 2.38. The van der Waals surface area contributed by atoms with Crippen molar-refractivity contribution in [3.8, 4) is 0 Å². The van der Waals surface area contributed by atoms with Crippen LogP contribution in [0.25, 0.3) is 0 Å². The first kappa shape index (κ1) is 41.7. The molecule has 1 N–H and O–H groups in total. The van der Waals surface area contributed by atoms with Gasteiger partial charge in [-0.25, -0.2) is 0 Å². The second-order valence-electron chi connectivity index (χ2n) is 15.1. The molecule has 45 heavy (non-hydrogen) atoms. The Kier molecular flexibility index (Phi) is 20.6. The summed E-state index contributed by atoms with van der Waals surface area (Å²) in [5, 5.41) is 9.47. The standard InChI is InChI=1S/C38H68O5Si2/c1-11-35(26-27-40-31-34-21-14-12-15-22-34)37(42-32-41-28-29-44(6,7)8)25-17-13-16-23-36(24-19-18-20-33(2)30-39)43-45(9,10)38(3,4)5/h12-17,20-23,35-37,39H,11,18-19,24-32H2,1-10H3/b17-13+,23-16+,33-20+/t35-,36-,37-/m1/s1. The molecule has 0 heterocycles. The highest BCUT2D eigenvalue weighted by molar-refractivity contribution is 6.76. The second kappa shape index (κ2) is 22.3. The molecular formula is C38H68O5Si2. The maximum atomic E-state index is 9.31. The first-order valence-corrected chi connectivity index (χ1v) is 23.9. The number of aliphatic hydroxyl groups excluding tert-OH is 1. The molecule has 0 saturated heterocycles. The summed E-state index contributed by atoms with van der Waals surface area (Å²) in [7, 11) is -3.04. The molecule has 0 bridgehead atoms. The molecule has 0 aliphatic rings. The zero-order chi connectivity index (χ0) is 33.8. The van der Waals surface area contributed by atoms with Crippen LogP contribution in [0.2, 0.25) is 43.8 Å². The Hall–Kier alpha value is -1.33.